The molecule has 0 bridgehead atoms. The van der Waals surface area contributed by atoms with Crippen LogP contribution in [0.5, 0.6) is 0 Å². The summed E-state index contributed by atoms with van der Waals surface area (Å²) in [6.07, 6.45) is 6.15. The standard InChI is InChI=1S/C24H21Cl2N7O/c25-17-3-1-4-18(26)19(17)33-20(27)15-12-28-22(31-21(15)32-23(33)34)30-14-5-6-16-13(11-14)7-10-29-24(16)8-2-9-24/h1,3-6,11-12,29H,2,7-10,27H2,(H,30,31,32,34). The molecular weight excluding hydrogens is 473 g/mol. The predicted octanol–water partition coefficient (Wildman–Crippen LogP) is 4.33. The summed E-state index contributed by atoms with van der Waals surface area (Å²) in [4.78, 5) is 25.8. The van der Waals surface area contributed by atoms with Crippen LogP contribution in [0.25, 0.3) is 16.7 Å². The van der Waals surface area contributed by atoms with Gasteiger partial charge in [-0.05, 0) is 61.1 Å². The van der Waals surface area contributed by atoms with Crippen LogP contribution in [0.4, 0.5) is 17.5 Å². The Balaban J connectivity index is 1.36. The lowest BCUT2D eigenvalue weighted by atomic mass is 9.68. The molecule has 4 aromatic rings. The van der Waals surface area contributed by atoms with Gasteiger partial charge in [-0.2, -0.15) is 9.97 Å². The van der Waals surface area contributed by atoms with Gasteiger partial charge in [-0.3, -0.25) is 0 Å². The summed E-state index contributed by atoms with van der Waals surface area (Å²) in [6, 6.07) is 11.3. The van der Waals surface area contributed by atoms with E-state index in [4.69, 9.17) is 28.9 Å². The molecule has 10 heteroatoms. The molecule has 3 heterocycles. The molecule has 1 fully saturated rings. The smallest absolute Gasteiger partial charge is 0.355 e. The molecule has 6 rings (SSSR count). The molecule has 172 valence electrons. The molecule has 2 aliphatic rings. The second-order valence-corrected chi connectivity index (χ2v) is 9.54. The molecule has 1 saturated carbocycles. The van der Waals surface area contributed by atoms with Crippen LogP contribution in [0.1, 0.15) is 30.4 Å². The zero-order chi connectivity index (χ0) is 23.4. The number of anilines is 3. The van der Waals surface area contributed by atoms with Gasteiger partial charge in [0.1, 0.15) is 5.82 Å². The number of hydrogen-bond donors (Lipinski definition) is 3. The van der Waals surface area contributed by atoms with Crippen LogP contribution < -0.4 is 22.1 Å². The van der Waals surface area contributed by atoms with Gasteiger partial charge in [-0.25, -0.2) is 14.3 Å². The van der Waals surface area contributed by atoms with Crippen LogP contribution in [-0.4, -0.2) is 26.1 Å². The van der Waals surface area contributed by atoms with Crippen LogP contribution in [0.2, 0.25) is 10.0 Å². The number of rotatable bonds is 3. The van der Waals surface area contributed by atoms with Crippen molar-refractivity contribution in [3.8, 4) is 5.69 Å². The topological polar surface area (TPSA) is 111 Å². The minimum atomic E-state index is -0.628. The molecule has 0 radical (unpaired) electrons. The Labute approximate surface area is 205 Å². The van der Waals surface area contributed by atoms with Crippen molar-refractivity contribution in [2.75, 3.05) is 17.6 Å². The number of halogens is 2. The average Bonchev–Trinajstić information content (AvgIpc) is 2.79. The van der Waals surface area contributed by atoms with Crippen LogP contribution in [-0.2, 0) is 12.0 Å². The fourth-order valence-corrected chi connectivity index (χ4v) is 5.53. The van der Waals surface area contributed by atoms with Crippen molar-refractivity contribution in [3.05, 3.63) is 74.3 Å². The fraction of sp³-hybridized carbons (Fsp3) is 0.250. The first-order valence-corrected chi connectivity index (χ1v) is 11.9. The van der Waals surface area contributed by atoms with E-state index < -0.39 is 5.69 Å². The Hall–Kier alpha value is -3.20. The first kappa shape index (κ1) is 21.3. The summed E-state index contributed by atoms with van der Waals surface area (Å²) in [5.41, 5.74) is 9.92. The van der Waals surface area contributed by atoms with Gasteiger partial charge >= 0.3 is 5.69 Å². The number of fused-ring (bicyclic) bond motifs is 3. The molecule has 1 aliphatic heterocycles. The van der Waals surface area contributed by atoms with Crippen molar-refractivity contribution in [1.82, 2.24) is 24.8 Å². The Bertz CT molecular complexity index is 1490. The Kier molecular flexibility index (Phi) is 4.98. The summed E-state index contributed by atoms with van der Waals surface area (Å²) in [5, 5.41) is 7.93. The third-order valence-electron chi connectivity index (χ3n) is 6.78. The third-order valence-corrected chi connectivity index (χ3v) is 7.39. The van der Waals surface area contributed by atoms with Crippen molar-refractivity contribution >= 4 is 51.7 Å². The molecule has 0 unspecified atom stereocenters. The lowest BCUT2D eigenvalue weighted by Gasteiger charge is -2.47. The Morgan fingerprint density at radius 2 is 1.91 bits per heavy atom. The van der Waals surface area contributed by atoms with E-state index in [1.54, 1.807) is 24.4 Å². The maximum Gasteiger partial charge on any atom is 0.355 e. The van der Waals surface area contributed by atoms with Gasteiger partial charge in [0.05, 0.1) is 21.1 Å². The number of nitrogens with one attached hydrogen (secondary N) is 2. The van der Waals surface area contributed by atoms with Gasteiger partial charge < -0.3 is 16.4 Å². The van der Waals surface area contributed by atoms with Crippen molar-refractivity contribution in [3.63, 3.8) is 0 Å². The van der Waals surface area contributed by atoms with Gasteiger partial charge in [-0.15, -0.1) is 0 Å². The van der Waals surface area contributed by atoms with E-state index in [2.05, 4.69) is 37.7 Å². The van der Waals surface area contributed by atoms with Gasteiger partial charge in [-0.1, -0.05) is 35.3 Å². The summed E-state index contributed by atoms with van der Waals surface area (Å²) in [6.45, 7) is 0.980. The van der Waals surface area contributed by atoms with Gasteiger partial charge in [0.15, 0.2) is 5.65 Å². The van der Waals surface area contributed by atoms with E-state index in [1.807, 2.05) is 6.07 Å². The number of nitrogen functional groups attached to an aromatic ring is 1. The van der Waals surface area contributed by atoms with Crippen LogP contribution in [0, 0.1) is 0 Å². The second kappa shape index (κ2) is 7.94. The normalized spacial score (nSPS) is 16.3. The highest BCUT2D eigenvalue weighted by molar-refractivity contribution is 6.37. The zero-order valence-corrected chi connectivity index (χ0v) is 19.6. The van der Waals surface area contributed by atoms with Crippen LogP contribution in [0.15, 0.2) is 47.4 Å². The lowest BCUT2D eigenvalue weighted by molar-refractivity contribution is 0.176. The van der Waals surface area contributed by atoms with E-state index in [1.165, 1.54) is 35.0 Å². The van der Waals surface area contributed by atoms with E-state index >= 15 is 0 Å². The number of aromatic nitrogens is 4. The number of nitrogens with zero attached hydrogens (tertiary/aromatic N) is 4. The molecular formula is C24H21Cl2N7O. The molecule has 34 heavy (non-hydrogen) atoms. The Morgan fingerprint density at radius 3 is 2.65 bits per heavy atom. The van der Waals surface area contributed by atoms with E-state index in [0.717, 1.165) is 18.7 Å². The Morgan fingerprint density at radius 1 is 1.12 bits per heavy atom. The zero-order valence-electron chi connectivity index (χ0n) is 18.1. The van der Waals surface area contributed by atoms with Crippen LogP contribution in [0.3, 0.4) is 0 Å². The minimum Gasteiger partial charge on any atom is -0.384 e. The molecule has 1 spiro atoms. The fourth-order valence-electron chi connectivity index (χ4n) is 4.96. The highest BCUT2D eigenvalue weighted by Gasteiger charge is 2.41. The largest absolute Gasteiger partial charge is 0.384 e. The van der Waals surface area contributed by atoms with Crippen molar-refractivity contribution < 1.29 is 0 Å². The first-order chi connectivity index (χ1) is 16.4. The second-order valence-electron chi connectivity index (χ2n) is 8.73. The van der Waals surface area contributed by atoms with Crippen molar-refractivity contribution in [2.45, 2.75) is 31.2 Å². The monoisotopic (exact) mass is 493 g/mol. The lowest BCUT2D eigenvalue weighted by Crippen LogP contribution is -2.51. The number of benzene rings is 2. The van der Waals surface area contributed by atoms with E-state index in [0.29, 0.717) is 11.3 Å². The quantitative estimate of drug-likeness (QED) is 0.389. The molecule has 2 aromatic heterocycles. The summed E-state index contributed by atoms with van der Waals surface area (Å²) in [7, 11) is 0. The average molecular weight is 494 g/mol. The predicted molar refractivity (Wildman–Crippen MR) is 134 cm³/mol. The maximum atomic E-state index is 12.9. The number of nitrogens with two attached hydrogens (primary N) is 1. The highest BCUT2D eigenvalue weighted by atomic mass is 35.5. The summed E-state index contributed by atoms with van der Waals surface area (Å²) >= 11 is 12.6. The maximum absolute atomic E-state index is 12.9. The third kappa shape index (κ3) is 3.33. The molecule has 1 aliphatic carbocycles. The molecule has 8 nitrogen and oxygen atoms in total. The van der Waals surface area contributed by atoms with E-state index in [-0.39, 0.29) is 32.7 Å². The summed E-state index contributed by atoms with van der Waals surface area (Å²) < 4.78 is 1.18. The van der Waals surface area contributed by atoms with Crippen molar-refractivity contribution in [1.29, 1.82) is 0 Å². The highest BCUT2D eigenvalue weighted by Crippen LogP contribution is 2.45. The molecule has 4 N–H and O–H groups in total. The van der Waals surface area contributed by atoms with Gasteiger partial charge in [0.2, 0.25) is 5.95 Å². The molecule has 0 atom stereocenters. The van der Waals surface area contributed by atoms with Crippen LogP contribution >= 0.6 is 23.2 Å². The van der Waals surface area contributed by atoms with Gasteiger partial charge in [0.25, 0.3) is 0 Å². The van der Waals surface area contributed by atoms with Gasteiger partial charge in [0, 0.05) is 24.0 Å². The molecule has 0 amide bonds. The number of hydrogen-bond acceptors (Lipinski definition) is 7. The summed E-state index contributed by atoms with van der Waals surface area (Å²) in [5.74, 6) is 0.447. The SMILES string of the molecule is Nc1c2cnc(Nc3ccc4c(c3)CCNC43CCC3)nc2nc(=O)n1-c1c(Cl)cccc1Cl. The van der Waals surface area contributed by atoms with Crippen molar-refractivity contribution in [2.24, 2.45) is 0 Å². The number of para-hydroxylation sites is 1. The molecule has 2 aromatic carbocycles. The van der Waals surface area contributed by atoms with E-state index in [9.17, 15) is 4.79 Å². The molecule has 0 saturated heterocycles. The first-order valence-electron chi connectivity index (χ1n) is 11.1. The minimum absolute atomic E-state index is 0.114.